The third kappa shape index (κ3) is 5.53. The Labute approximate surface area is 188 Å². The van der Waals surface area contributed by atoms with Gasteiger partial charge in [0.25, 0.3) is 5.91 Å². The van der Waals surface area contributed by atoms with Crippen molar-refractivity contribution in [3.05, 3.63) is 64.7 Å². The summed E-state index contributed by atoms with van der Waals surface area (Å²) in [4.78, 5) is 26.6. The molecule has 0 unspecified atom stereocenters. The average Bonchev–Trinajstić information content (AvgIpc) is 2.79. The number of carbonyl (C=O) groups excluding carboxylic acids is 2. The molecule has 0 N–H and O–H groups in total. The molecule has 0 atom stereocenters. The molecule has 0 radical (unpaired) electrons. The monoisotopic (exact) mass is 460 g/mol. The Bertz CT molecular complexity index is 1090. The van der Waals surface area contributed by atoms with Crippen LogP contribution in [0.4, 0.5) is 0 Å². The molecule has 0 aliphatic carbocycles. The van der Waals surface area contributed by atoms with Gasteiger partial charge in [-0.2, -0.15) is 4.31 Å². The predicted octanol–water partition coefficient (Wildman–Crippen LogP) is 2.14. The maximum absolute atomic E-state index is 12.9. The van der Waals surface area contributed by atoms with Crippen LogP contribution < -0.4 is 0 Å². The van der Waals surface area contributed by atoms with E-state index < -0.39 is 22.6 Å². The lowest BCUT2D eigenvalue weighted by molar-refractivity contribution is -0.133. The number of benzene rings is 2. The second kappa shape index (κ2) is 10.2. The zero-order valence-electron chi connectivity index (χ0n) is 18.5. The Balaban J connectivity index is 1.66. The molecule has 1 fully saturated rings. The summed E-state index contributed by atoms with van der Waals surface area (Å²) in [5, 5.41) is 0. The quantitative estimate of drug-likeness (QED) is 0.588. The van der Waals surface area contributed by atoms with Gasteiger partial charge in [0.15, 0.2) is 6.61 Å². The molecule has 1 heterocycles. The fraction of sp³-hybridized carbons (Fsp3) is 0.391. The second-order valence-electron chi connectivity index (χ2n) is 7.75. The topological polar surface area (TPSA) is 93.2 Å². The number of likely N-dealkylation sites (N-methyl/N-ethyl adjacent to an activating group) is 1. The molecule has 3 rings (SSSR count). The SMILES string of the molecule is Cc1ccccc1CN(C)C(=O)COC(=O)c1cc(S(=O)(=O)N2CCOCC2)ccc1C. The smallest absolute Gasteiger partial charge is 0.338 e. The van der Waals surface area contributed by atoms with Crippen LogP contribution in [0.5, 0.6) is 0 Å². The van der Waals surface area contributed by atoms with Gasteiger partial charge in [-0.05, 0) is 42.7 Å². The molecular weight excluding hydrogens is 432 g/mol. The Morgan fingerprint density at radius 2 is 1.75 bits per heavy atom. The molecule has 0 aromatic heterocycles. The first-order valence-electron chi connectivity index (χ1n) is 10.3. The molecule has 0 bridgehead atoms. The number of rotatable bonds is 7. The van der Waals surface area contributed by atoms with Gasteiger partial charge < -0.3 is 14.4 Å². The molecule has 2 aromatic carbocycles. The van der Waals surface area contributed by atoms with Gasteiger partial charge >= 0.3 is 5.97 Å². The van der Waals surface area contributed by atoms with E-state index in [1.54, 1.807) is 20.0 Å². The number of hydrogen-bond acceptors (Lipinski definition) is 6. The van der Waals surface area contributed by atoms with Crippen molar-refractivity contribution < 1.29 is 27.5 Å². The van der Waals surface area contributed by atoms with Gasteiger partial charge in [-0.25, -0.2) is 13.2 Å². The van der Waals surface area contributed by atoms with Crippen molar-refractivity contribution in [2.45, 2.75) is 25.3 Å². The molecule has 1 saturated heterocycles. The Hall–Kier alpha value is -2.75. The second-order valence-corrected chi connectivity index (χ2v) is 9.68. The molecule has 172 valence electrons. The lowest BCUT2D eigenvalue weighted by Gasteiger charge is -2.26. The minimum atomic E-state index is -3.75. The van der Waals surface area contributed by atoms with Crippen LogP contribution in [0.2, 0.25) is 0 Å². The van der Waals surface area contributed by atoms with Crippen molar-refractivity contribution in [3.8, 4) is 0 Å². The van der Waals surface area contributed by atoms with Crippen LogP contribution in [0.15, 0.2) is 47.4 Å². The molecular formula is C23H28N2O6S. The van der Waals surface area contributed by atoms with Crippen LogP contribution >= 0.6 is 0 Å². The van der Waals surface area contributed by atoms with Crippen molar-refractivity contribution in [3.63, 3.8) is 0 Å². The number of aryl methyl sites for hydroxylation is 2. The van der Waals surface area contributed by atoms with Crippen LogP contribution in [0.3, 0.4) is 0 Å². The van der Waals surface area contributed by atoms with Gasteiger partial charge in [0.05, 0.1) is 23.7 Å². The first-order chi connectivity index (χ1) is 15.2. The zero-order chi connectivity index (χ0) is 23.3. The number of morpholine rings is 1. The standard InChI is InChI=1S/C23H28N2O6S/c1-17-6-4-5-7-19(17)15-24(3)22(26)16-31-23(27)21-14-20(9-8-18(21)2)32(28,29)25-10-12-30-13-11-25/h4-9,14H,10-13,15-16H2,1-3H3. The number of ether oxygens (including phenoxy) is 2. The van der Waals surface area contributed by atoms with E-state index in [1.807, 2.05) is 31.2 Å². The molecule has 1 aliphatic heterocycles. The summed E-state index contributed by atoms with van der Waals surface area (Å²) in [5.74, 6) is -1.09. The lowest BCUT2D eigenvalue weighted by atomic mass is 10.1. The lowest BCUT2D eigenvalue weighted by Crippen LogP contribution is -2.40. The molecule has 2 aromatic rings. The summed E-state index contributed by atoms with van der Waals surface area (Å²) in [6.45, 7) is 4.81. The first-order valence-corrected chi connectivity index (χ1v) is 11.8. The Morgan fingerprint density at radius 1 is 1.06 bits per heavy atom. The maximum atomic E-state index is 12.9. The number of amides is 1. The van der Waals surface area contributed by atoms with E-state index in [1.165, 1.54) is 21.3 Å². The highest BCUT2D eigenvalue weighted by atomic mass is 32.2. The summed E-state index contributed by atoms with van der Waals surface area (Å²) in [6, 6.07) is 12.1. The Morgan fingerprint density at radius 3 is 2.44 bits per heavy atom. The van der Waals surface area contributed by atoms with Crippen LogP contribution in [0.1, 0.15) is 27.0 Å². The van der Waals surface area contributed by atoms with Crippen LogP contribution in [-0.4, -0.2) is 69.5 Å². The summed E-state index contributed by atoms with van der Waals surface area (Å²) >= 11 is 0. The van der Waals surface area contributed by atoms with Crippen molar-refractivity contribution in [2.24, 2.45) is 0 Å². The maximum Gasteiger partial charge on any atom is 0.338 e. The average molecular weight is 461 g/mol. The van der Waals surface area contributed by atoms with E-state index in [4.69, 9.17) is 9.47 Å². The largest absolute Gasteiger partial charge is 0.452 e. The molecule has 9 heteroatoms. The number of carbonyl (C=O) groups is 2. The molecule has 1 aliphatic rings. The fourth-order valence-corrected chi connectivity index (χ4v) is 4.80. The van der Waals surface area contributed by atoms with Crippen molar-refractivity contribution >= 4 is 21.9 Å². The van der Waals surface area contributed by atoms with Gasteiger partial charge in [0.2, 0.25) is 10.0 Å². The molecule has 0 spiro atoms. The van der Waals surface area contributed by atoms with E-state index in [0.29, 0.717) is 25.3 Å². The van der Waals surface area contributed by atoms with Crippen molar-refractivity contribution in [2.75, 3.05) is 40.0 Å². The normalized spacial score (nSPS) is 14.7. The van der Waals surface area contributed by atoms with Gasteiger partial charge in [-0.3, -0.25) is 4.79 Å². The Kier molecular flexibility index (Phi) is 7.65. The van der Waals surface area contributed by atoms with Crippen molar-refractivity contribution in [1.29, 1.82) is 0 Å². The molecule has 8 nitrogen and oxygen atoms in total. The minimum Gasteiger partial charge on any atom is -0.452 e. The number of esters is 1. The summed E-state index contributed by atoms with van der Waals surface area (Å²) in [5.41, 5.74) is 2.76. The zero-order valence-corrected chi connectivity index (χ0v) is 19.4. The minimum absolute atomic E-state index is 0.0138. The van der Waals surface area contributed by atoms with E-state index in [9.17, 15) is 18.0 Å². The highest BCUT2D eigenvalue weighted by Crippen LogP contribution is 2.21. The highest BCUT2D eigenvalue weighted by Gasteiger charge is 2.27. The molecule has 0 saturated carbocycles. The third-order valence-electron chi connectivity index (χ3n) is 5.46. The number of sulfonamides is 1. The highest BCUT2D eigenvalue weighted by molar-refractivity contribution is 7.89. The van der Waals surface area contributed by atoms with E-state index in [0.717, 1.165) is 11.1 Å². The van der Waals surface area contributed by atoms with Gasteiger partial charge in [0.1, 0.15) is 0 Å². The van der Waals surface area contributed by atoms with Crippen LogP contribution in [0.25, 0.3) is 0 Å². The fourth-order valence-electron chi connectivity index (χ4n) is 3.36. The van der Waals surface area contributed by atoms with E-state index in [-0.39, 0.29) is 29.5 Å². The summed E-state index contributed by atoms with van der Waals surface area (Å²) in [7, 11) is -2.11. The summed E-state index contributed by atoms with van der Waals surface area (Å²) in [6.07, 6.45) is 0. The van der Waals surface area contributed by atoms with Gasteiger partial charge in [-0.15, -0.1) is 0 Å². The predicted molar refractivity (Wildman–Crippen MR) is 119 cm³/mol. The van der Waals surface area contributed by atoms with Gasteiger partial charge in [0, 0.05) is 26.7 Å². The van der Waals surface area contributed by atoms with E-state index >= 15 is 0 Å². The molecule has 1 amide bonds. The van der Waals surface area contributed by atoms with Crippen LogP contribution in [0, 0.1) is 13.8 Å². The van der Waals surface area contributed by atoms with Gasteiger partial charge in [-0.1, -0.05) is 30.3 Å². The number of nitrogens with zero attached hydrogens (tertiary/aromatic N) is 2. The first kappa shape index (κ1) is 23.9. The van der Waals surface area contributed by atoms with Crippen molar-refractivity contribution in [1.82, 2.24) is 9.21 Å². The number of hydrogen-bond donors (Lipinski definition) is 0. The third-order valence-corrected chi connectivity index (χ3v) is 7.35. The van der Waals surface area contributed by atoms with E-state index in [2.05, 4.69) is 0 Å². The van der Waals surface area contributed by atoms with Crippen LogP contribution in [-0.2, 0) is 30.8 Å². The molecule has 32 heavy (non-hydrogen) atoms. The summed E-state index contributed by atoms with van der Waals surface area (Å²) < 4.78 is 37.5.